The minimum atomic E-state index is -0.376. The highest BCUT2D eigenvalue weighted by molar-refractivity contribution is 5.76. The Morgan fingerprint density at radius 3 is 2.67 bits per heavy atom. The monoisotopic (exact) mass is 367 g/mol. The summed E-state index contributed by atoms with van der Waals surface area (Å²) in [4.78, 5) is 26.4. The van der Waals surface area contributed by atoms with Crippen LogP contribution in [0, 0.1) is 25.2 Å². The SMILES string of the molecule is Cc1[nH]c(=O)c(C#N)c(C)c1CCC(=O)NCCCCOc1ccccc1. The Balaban J connectivity index is 1.70. The van der Waals surface area contributed by atoms with Crippen LogP contribution in [0.4, 0.5) is 0 Å². The molecule has 2 aromatic rings. The first-order chi connectivity index (χ1) is 13.0. The zero-order valence-electron chi connectivity index (χ0n) is 15.8. The van der Waals surface area contributed by atoms with E-state index in [0.717, 1.165) is 24.2 Å². The Morgan fingerprint density at radius 1 is 1.22 bits per heavy atom. The van der Waals surface area contributed by atoms with Gasteiger partial charge < -0.3 is 15.0 Å². The van der Waals surface area contributed by atoms with E-state index in [4.69, 9.17) is 10.00 Å². The Morgan fingerprint density at radius 2 is 1.96 bits per heavy atom. The van der Waals surface area contributed by atoms with Gasteiger partial charge in [-0.3, -0.25) is 9.59 Å². The largest absolute Gasteiger partial charge is 0.494 e. The van der Waals surface area contributed by atoms with Crippen LogP contribution in [0.3, 0.4) is 0 Å². The summed E-state index contributed by atoms with van der Waals surface area (Å²) in [6.07, 6.45) is 2.51. The number of aryl methyl sites for hydroxylation is 1. The van der Waals surface area contributed by atoms with Gasteiger partial charge in [-0.05, 0) is 56.4 Å². The van der Waals surface area contributed by atoms with Gasteiger partial charge in [0.15, 0.2) is 0 Å². The number of carbonyl (C=O) groups is 1. The predicted molar refractivity (Wildman–Crippen MR) is 104 cm³/mol. The standard InChI is InChI=1S/C21H25N3O3/c1-15-18(16(2)24-21(26)19(15)14-22)10-11-20(25)23-12-6-7-13-27-17-8-4-3-5-9-17/h3-5,8-9H,6-7,10-13H2,1-2H3,(H,23,25)(H,24,26). The summed E-state index contributed by atoms with van der Waals surface area (Å²) < 4.78 is 5.61. The molecule has 27 heavy (non-hydrogen) atoms. The number of hydrogen-bond donors (Lipinski definition) is 2. The number of nitrogens with one attached hydrogen (secondary N) is 2. The van der Waals surface area contributed by atoms with Crippen molar-refractivity contribution < 1.29 is 9.53 Å². The van der Waals surface area contributed by atoms with Crippen molar-refractivity contribution in [2.24, 2.45) is 0 Å². The molecule has 0 saturated carbocycles. The van der Waals surface area contributed by atoms with Crippen LogP contribution in [0.5, 0.6) is 5.75 Å². The lowest BCUT2D eigenvalue weighted by Gasteiger charge is -2.11. The summed E-state index contributed by atoms with van der Waals surface area (Å²) in [6, 6.07) is 11.6. The first kappa shape index (κ1) is 20.2. The molecule has 0 aliphatic heterocycles. The summed E-state index contributed by atoms with van der Waals surface area (Å²) in [5.41, 5.74) is 1.97. The highest BCUT2D eigenvalue weighted by atomic mass is 16.5. The molecule has 0 saturated heterocycles. The number of hydrogen-bond acceptors (Lipinski definition) is 4. The Labute approximate surface area is 159 Å². The van der Waals surface area contributed by atoms with Gasteiger partial charge in [0.25, 0.3) is 5.56 Å². The maximum atomic E-state index is 12.0. The minimum Gasteiger partial charge on any atom is -0.494 e. The molecule has 0 fully saturated rings. The van der Waals surface area contributed by atoms with E-state index in [1.807, 2.05) is 36.4 Å². The van der Waals surface area contributed by atoms with Gasteiger partial charge in [-0.15, -0.1) is 0 Å². The van der Waals surface area contributed by atoms with Crippen LogP contribution < -0.4 is 15.6 Å². The molecule has 1 aromatic heterocycles. The Bertz CT molecular complexity index is 867. The number of nitrogens with zero attached hydrogens (tertiary/aromatic N) is 1. The van der Waals surface area contributed by atoms with Crippen LogP contribution >= 0.6 is 0 Å². The van der Waals surface area contributed by atoms with E-state index in [0.29, 0.717) is 37.3 Å². The molecule has 1 aromatic carbocycles. The molecule has 1 amide bonds. The van der Waals surface area contributed by atoms with Gasteiger partial charge in [0.1, 0.15) is 17.4 Å². The number of nitriles is 1. The van der Waals surface area contributed by atoms with E-state index in [1.165, 1.54) is 0 Å². The van der Waals surface area contributed by atoms with E-state index in [2.05, 4.69) is 10.3 Å². The lowest BCUT2D eigenvalue weighted by atomic mass is 9.99. The van der Waals surface area contributed by atoms with E-state index >= 15 is 0 Å². The van der Waals surface area contributed by atoms with Crippen LogP contribution in [-0.4, -0.2) is 24.0 Å². The number of H-pyrrole nitrogens is 1. The number of ether oxygens (including phenoxy) is 1. The molecule has 2 N–H and O–H groups in total. The van der Waals surface area contributed by atoms with Gasteiger partial charge in [0.05, 0.1) is 6.61 Å². The molecule has 6 nitrogen and oxygen atoms in total. The molecule has 0 atom stereocenters. The summed E-state index contributed by atoms with van der Waals surface area (Å²) in [6.45, 7) is 4.76. The molecule has 0 aliphatic carbocycles. The zero-order valence-corrected chi connectivity index (χ0v) is 15.8. The van der Waals surface area contributed by atoms with Crippen molar-refractivity contribution in [2.75, 3.05) is 13.2 Å². The molecule has 0 bridgehead atoms. The van der Waals surface area contributed by atoms with E-state index in [-0.39, 0.29) is 17.0 Å². The maximum Gasteiger partial charge on any atom is 0.266 e. The number of unbranched alkanes of at least 4 members (excludes halogenated alkanes) is 1. The second-order valence-electron chi connectivity index (χ2n) is 6.39. The summed E-state index contributed by atoms with van der Waals surface area (Å²) >= 11 is 0. The number of benzene rings is 1. The average Bonchev–Trinajstić information content (AvgIpc) is 2.65. The molecular weight excluding hydrogens is 342 g/mol. The normalized spacial score (nSPS) is 10.3. The van der Waals surface area contributed by atoms with E-state index < -0.39 is 0 Å². The number of aromatic amines is 1. The van der Waals surface area contributed by atoms with Crippen LogP contribution in [0.1, 0.15) is 41.6 Å². The lowest BCUT2D eigenvalue weighted by Crippen LogP contribution is -2.25. The van der Waals surface area contributed by atoms with E-state index in [1.54, 1.807) is 13.8 Å². The summed E-state index contributed by atoms with van der Waals surface area (Å²) in [5, 5.41) is 12.0. The van der Waals surface area contributed by atoms with Crippen molar-refractivity contribution in [1.82, 2.24) is 10.3 Å². The number of rotatable bonds is 9. The minimum absolute atomic E-state index is 0.0394. The number of carbonyl (C=O) groups excluding carboxylic acids is 1. The topological polar surface area (TPSA) is 95.0 Å². The fourth-order valence-corrected chi connectivity index (χ4v) is 2.91. The molecule has 1 heterocycles. The van der Waals surface area contributed by atoms with Gasteiger partial charge in [0.2, 0.25) is 5.91 Å². The van der Waals surface area contributed by atoms with Crippen LogP contribution in [0.25, 0.3) is 0 Å². The number of pyridine rings is 1. The second-order valence-corrected chi connectivity index (χ2v) is 6.39. The molecule has 0 unspecified atom stereocenters. The predicted octanol–water partition coefficient (Wildman–Crippen LogP) is 2.77. The maximum absolute atomic E-state index is 12.0. The number of aromatic nitrogens is 1. The smallest absolute Gasteiger partial charge is 0.266 e. The van der Waals surface area contributed by atoms with E-state index in [9.17, 15) is 9.59 Å². The first-order valence-corrected chi connectivity index (χ1v) is 9.10. The van der Waals surface area contributed by atoms with Crippen LogP contribution in [0.15, 0.2) is 35.1 Å². The second kappa shape index (κ2) is 10.2. The zero-order chi connectivity index (χ0) is 19.6. The molecular formula is C21H25N3O3. The fraction of sp³-hybridized carbons (Fsp3) is 0.381. The van der Waals surface area contributed by atoms with Crippen molar-refractivity contribution in [3.8, 4) is 11.8 Å². The van der Waals surface area contributed by atoms with Crippen LogP contribution in [-0.2, 0) is 11.2 Å². The third-order valence-electron chi connectivity index (χ3n) is 4.43. The summed E-state index contributed by atoms with van der Waals surface area (Å²) in [7, 11) is 0. The van der Waals surface area contributed by atoms with Crippen molar-refractivity contribution >= 4 is 5.91 Å². The van der Waals surface area contributed by atoms with Crippen molar-refractivity contribution in [3.05, 3.63) is 63.1 Å². The van der Waals surface area contributed by atoms with Crippen molar-refractivity contribution in [2.45, 2.75) is 39.5 Å². The molecule has 2 rings (SSSR count). The third kappa shape index (κ3) is 6.00. The Hall–Kier alpha value is -3.07. The van der Waals surface area contributed by atoms with Crippen LogP contribution in [0.2, 0.25) is 0 Å². The Kier molecular flexibility index (Phi) is 7.63. The highest BCUT2D eigenvalue weighted by Crippen LogP contribution is 2.15. The molecule has 6 heteroatoms. The lowest BCUT2D eigenvalue weighted by molar-refractivity contribution is -0.121. The van der Waals surface area contributed by atoms with Crippen molar-refractivity contribution in [3.63, 3.8) is 0 Å². The molecule has 0 spiro atoms. The van der Waals surface area contributed by atoms with Gasteiger partial charge in [0, 0.05) is 18.7 Å². The fourth-order valence-electron chi connectivity index (χ4n) is 2.91. The quantitative estimate of drug-likeness (QED) is 0.666. The van der Waals surface area contributed by atoms with Gasteiger partial charge in [-0.1, -0.05) is 18.2 Å². The molecule has 142 valence electrons. The first-order valence-electron chi connectivity index (χ1n) is 9.10. The van der Waals surface area contributed by atoms with Gasteiger partial charge >= 0.3 is 0 Å². The molecule has 0 aliphatic rings. The number of amides is 1. The number of para-hydroxylation sites is 1. The highest BCUT2D eigenvalue weighted by Gasteiger charge is 2.13. The van der Waals surface area contributed by atoms with Gasteiger partial charge in [-0.25, -0.2) is 0 Å². The van der Waals surface area contributed by atoms with Gasteiger partial charge in [-0.2, -0.15) is 5.26 Å². The molecule has 0 radical (unpaired) electrons. The third-order valence-corrected chi connectivity index (χ3v) is 4.43. The summed E-state index contributed by atoms with van der Waals surface area (Å²) in [5.74, 6) is 0.812. The van der Waals surface area contributed by atoms with Crippen molar-refractivity contribution in [1.29, 1.82) is 5.26 Å². The average molecular weight is 367 g/mol.